The molecule has 0 aliphatic heterocycles. The molecule has 3 heteroatoms. The van der Waals surface area contributed by atoms with E-state index in [-0.39, 0.29) is 6.04 Å². The van der Waals surface area contributed by atoms with Crippen molar-refractivity contribution in [3.05, 3.63) is 29.0 Å². The summed E-state index contributed by atoms with van der Waals surface area (Å²) in [7, 11) is 0. The van der Waals surface area contributed by atoms with Gasteiger partial charge in [0.1, 0.15) is 0 Å². The van der Waals surface area contributed by atoms with Gasteiger partial charge >= 0.3 is 0 Å². The smallest absolute Gasteiger partial charge is 0.0439 e. The molecule has 0 aliphatic carbocycles. The molecule has 0 unspecified atom stereocenters. The molecule has 60 valence electrons. The molecule has 1 aromatic heterocycles. The molecule has 2 nitrogen and oxygen atoms in total. The molecular formula is C8H11ClN2. The molecule has 1 aromatic rings. The summed E-state index contributed by atoms with van der Waals surface area (Å²) in [5, 5.41) is 0.718. The molecule has 0 bridgehead atoms. The van der Waals surface area contributed by atoms with Gasteiger partial charge in [0.15, 0.2) is 0 Å². The highest BCUT2D eigenvalue weighted by atomic mass is 35.5. The molecular weight excluding hydrogens is 160 g/mol. The highest BCUT2D eigenvalue weighted by Crippen LogP contribution is 2.08. The maximum Gasteiger partial charge on any atom is 0.0439 e. The zero-order chi connectivity index (χ0) is 8.27. The summed E-state index contributed by atoms with van der Waals surface area (Å²) < 4.78 is 0. The van der Waals surface area contributed by atoms with E-state index >= 15 is 0 Å². The minimum Gasteiger partial charge on any atom is -0.328 e. The topological polar surface area (TPSA) is 38.9 Å². The Morgan fingerprint density at radius 1 is 1.73 bits per heavy atom. The van der Waals surface area contributed by atoms with Crippen molar-refractivity contribution in [2.45, 2.75) is 19.4 Å². The lowest BCUT2D eigenvalue weighted by Crippen LogP contribution is -2.18. The van der Waals surface area contributed by atoms with Crippen molar-refractivity contribution in [2.75, 3.05) is 0 Å². The Morgan fingerprint density at radius 3 is 3.00 bits per heavy atom. The van der Waals surface area contributed by atoms with Crippen molar-refractivity contribution >= 4 is 11.6 Å². The second kappa shape index (κ2) is 3.69. The Labute approximate surface area is 71.4 Å². The van der Waals surface area contributed by atoms with Gasteiger partial charge < -0.3 is 5.73 Å². The minimum absolute atomic E-state index is 0.140. The first kappa shape index (κ1) is 8.50. The third-order valence-electron chi connectivity index (χ3n) is 1.31. The van der Waals surface area contributed by atoms with E-state index < -0.39 is 0 Å². The standard InChI is InChI=1S/C8H11ClN2/c1-6(10)4-8-5-7(9)2-3-11-8/h2-3,5-6H,4,10H2,1H3/t6-/m0/s1. The summed E-state index contributed by atoms with van der Waals surface area (Å²) in [5.74, 6) is 0. The van der Waals surface area contributed by atoms with Gasteiger partial charge in [-0.3, -0.25) is 4.98 Å². The number of hydrogen-bond acceptors (Lipinski definition) is 2. The highest BCUT2D eigenvalue weighted by Gasteiger charge is 1.98. The lowest BCUT2D eigenvalue weighted by Gasteiger charge is -2.03. The van der Waals surface area contributed by atoms with Gasteiger partial charge in [0.05, 0.1) is 0 Å². The first-order valence-corrected chi connectivity index (χ1v) is 3.92. The highest BCUT2D eigenvalue weighted by molar-refractivity contribution is 6.30. The molecule has 1 rings (SSSR count). The predicted molar refractivity (Wildman–Crippen MR) is 46.6 cm³/mol. The van der Waals surface area contributed by atoms with Gasteiger partial charge in [-0.05, 0) is 19.1 Å². The summed E-state index contributed by atoms with van der Waals surface area (Å²) in [6, 6.07) is 3.73. The number of rotatable bonds is 2. The van der Waals surface area contributed by atoms with Gasteiger partial charge in [-0.1, -0.05) is 11.6 Å². The Kier molecular flexibility index (Phi) is 2.85. The van der Waals surface area contributed by atoms with Gasteiger partial charge in [-0.25, -0.2) is 0 Å². The van der Waals surface area contributed by atoms with Crippen LogP contribution in [0.15, 0.2) is 18.3 Å². The molecule has 0 fully saturated rings. The predicted octanol–water partition coefficient (Wildman–Crippen LogP) is 1.62. The van der Waals surface area contributed by atoms with E-state index in [1.165, 1.54) is 0 Å². The first-order chi connectivity index (χ1) is 5.18. The maximum atomic E-state index is 5.75. The Hall–Kier alpha value is -0.600. The van der Waals surface area contributed by atoms with E-state index in [2.05, 4.69) is 4.98 Å². The fourth-order valence-electron chi connectivity index (χ4n) is 0.890. The number of nitrogens with zero attached hydrogens (tertiary/aromatic N) is 1. The van der Waals surface area contributed by atoms with Crippen LogP contribution in [-0.2, 0) is 6.42 Å². The SMILES string of the molecule is C[C@H](N)Cc1cc(Cl)ccn1. The third kappa shape index (κ3) is 2.87. The van der Waals surface area contributed by atoms with Crippen LogP contribution < -0.4 is 5.73 Å². The Bertz CT molecular complexity index is 235. The summed E-state index contributed by atoms with van der Waals surface area (Å²) >= 11 is 5.75. The van der Waals surface area contributed by atoms with Gasteiger partial charge in [0.2, 0.25) is 0 Å². The number of nitrogens with two attached hydrogens (primary N) is 1. The van der Waals surface area contributed by atoms with Crippen LogP contribution in [0.4, 0.5) is 0 Å². The number of pyridine rings is 1. The summed E-state index contributed by atoms with van der Waals surface area (Å²) in [4.78, 5) is 4.12. The normalized spacial score (nSPS) is 13.0. The number of hydrogen-bond donors (Lipinski definition) is 1. The van der Waals surface area contributed by atoms with Crippen LogP contribution in [0.5, 0.6) is 0 Å². The van der Waals surface area contributed by atoms with Crippen LogP contribution in [0.3, 0.4) is 0 Å². The van der Waals surface area contributed by atoms with E-state index in [9.17, 15) is 0 Å². The summed E-state index contributed by atoms with van der Waals surface area (Å²) in [6.45, 7) is 1.95. The Balaban J connectivity index is 2.71. The average Bonchev–Trinajstić information content (AvgIpc) is 1.85. The van der Waals surface area contributed by atoms with Gasteiger partial charge in [-0.2, -0.15) is 0 Å². The van der Waals surface area contributed by atoms with Crippen molar-refractivity contribution in [3.63, 3.8) is 0 Å². The van der Waals surface area contributed by atoms with Crippen molar-refractivity contribution in [1.82, 2.24) is 4.98 Å². The van der Waals surface area contributed by atoms with Crippen LogP contribution in [0.25, 0.3) is 0 Å². The molecule has 2 N–H and O–H groups in total. The molecule has 1 atom stereocenters. The van der Waals surface area contributed by atoms with E-state index in [0.717, 1.165) is 17.1 Å². The second-order valence-electron chi connectivity index (χ2n) is 2.65. The molecule has 0 aliphatic rings. The number of aromatic nitrogens is 1. The maximum absolute atomic E-state index is 5.75. The summed E-state index contributed by atoms with van der Waals surface area (Å²) in [5.41, 5.74) is 6.54. The van der Waals surface area contributed by atoms with Crippen LogP contribution in [0.1, 0.15) is 12.6 Å². The Morgan fingerprint density at radius 2 is 2.45 bits per heavy atom. The van der Waals surface area contributed by atoms with E-state index in [0.29, 0.717) is 0 Å². The van der Waals surface area contributed by atoms with Crippen molar-refractivity contribution < 1.29 is 0 Å². The largest absolute Gasteiger partial charge is 0.328 e. The number of halogens is 1. The van der Waals surface area contributed by atoms with Crippen LogP contribution in [-0.4, -0.2) is 11.0 Å². The molecule has 0 amide bonds. The quantitative estimate of drug-likeness (QED) is 0.733. The van der Waals surface area contributed by atoms with E-state index in [1.807, 2.05) is 13.0 Å². The first-order valence-electron chi connectivity index (χ1n) is 3.54. The molecule has 1 heterocycles. The molecule has 0 aromatic carbocycles. The van der Waals surface area contributed by atoms with Crippen LogP contribution >= 0.6 is 11.6 Å². The van der Waals surface area contributed by atoms with Crippen molar-refractivity contribution in [2.24, 2.45) is 5.73 Å². The monoisotopic (exact) mass is 170 g/mol. The van der Waals surface area contributed by atoms with Gasteiger partial charge in [0, 0.05) is 29.4 Å². The molecule has 0 spiro atoms. The fraction of sp³-hybridized carbons (Fsp3) is 0.375. The zero-order valence-electron chi connectivity index (χ0n) is 6.42. The fourth-order valence-corrected chi connectivity index (χ4v) is 1.07. The molecule has 0 saturated carbocycles. The van der Waals surface area contributed by atoms with Crippen molar-refractivity contribution in [1.29, 1.82) is 0 Å². The molecule has 0 saturated heterocycles. The van der Waals surface area contributed by atoms with E-state index in [4.69, 9.17) is 17.3 Å². The van der Waals surface area contributed by atoms with Crippen LogP contribution in [0.2, 0.25) is 5.02 Å². The molecule has 0 radical (unpaired) electrons. The van der Waals surface area contributed by atoms with E-state index in [1.54, 1.807) is 12.3 Å². The van der Waals surface area contributed by atoms with Crippen molar-refractivity contribution in [3.8, 4) is 0 Å². The van der Waals surface area contributed by atoms with Gasteiger partial charge in [-0.15, -0.1) is 0 Å². The zero-order valence-corrected chi connectivity index (χ0v) is 7.17. The lowest BCUT2D eigenvalue weighted by atomic mass is 10.2. The second-order valence-corrected chi connectivity index (χ2v) is 3.08. The third-order valence-corrected chi connectivity index (χ3v) is 1.54. The summed E-state index contributed by atoms with van der Waals surface area (Å²) in [6.07, 6.45) is 2.47. The van der Waals surface area contributed by atoms with Crippen LogP contribution in [0, 0.1) is 0 Å². The minimum atomic E-state index is 0.140. The average molecular weight is 171 g/mol. The lowest BCUT2D eigenvalue weighted by molar-refractivity contribution is 0.722. The van der Waals surface area contributed by atoms with Gasteiger partial charge in [0.25, 0.3) is 0 Å². The molecule has 11 heavy (non-hydrogen) atoms.